The number of fused-ring (bicyclic) bond motifs is 2. The van der Waals surface area contributed by atoms with Gasteiger partial charge < -0.3 is 14.4 Å². The smallest absolute Gasteiger partial charge is 0.254 e. The normalized spacial score (nSPS) is 15.7. The number of hydrogen-bond donors (Lipinski definition) is 0. The van der Waals surface area contributed by atoms with Crippen LogP contribution in [0.2, 0.25) is 0 Å². The van der Waals surface area contributed by atoms with Crippen molar-refractivity contribution < 1.29 is 14.3 Å². The zero-order valence-electron chi connectivity index (χ0n) is 11.5. The molecule has 0 bridgehead atoms. The number of carbonyl (C=O) groups excluding carboxylic acids is 1. The number of nitrogens with zero attached hydrogens (tertiary/aromatic N) is 1. The van der Waals surface area contributed by atoms with Crippen LogP contribution in [0.15, 0.2) is 42.5 Å². The van der Waals surface area contributed by atoms with Gasteiger partial charge in [-0.1, -0.05) is 24.3 Å². The van der Waals surface area contributed by atoms with Crippen molar-refractivity contribution in [3.63, 3.8) is 0 Å². The molecule has 2 heterocycles. The van der Waals surface area contributed by atoms with Crippen LogP contribution >= 0.6 is 0 Å². The predicted molar refractivity (Wildman–Crippen MR) is 77.5 cm³/mol. The van der Waals surface area contributed by atoms with Crippen LogP contribution < -0.4 is 9.47 Å². The number of rotatable bonds is 1. The summed E-state index contributed by atoms with van der Waals surface area (Å²) >= 11 is 0. The molecular weight excluding hydrogens is 266 g/mol. The summed E-state index contributed by atoms with van der Waals surface area (Å²) in [6.45, 7) is 2.43. The first-order valence-electron chi connectivity index (χ1n) is 7.07. The van der Waals surface area contributed by atoms with E-state index in [0.717, 1.165) is 0 Å². The SMILES string of the molecule is O=C(c1ccc2c(c1)OCCO2)N1Cc2ccccc2C1. The second-order valence-electron chi connectivity index (χ2n) is 5.29. The number of amides is 1. The third kappa shape index (κ3) is 2.13. The molecule has 0 N–H and O–H groups in total. The molecular formula is C17H15NO3. The van der Waals surface area contributed by atoms with Crippen LogP contribution in [0.4, 0.5) is 0 Å². The number of carbonyl (C=O) groups is 1. The predicted octanol–water partition coefficient (Wildman–Crippen LogP) is 2.61. The van der Waals surface area contributed by atoms with E-state index in [4.69, 9.17) is 9.47 Å². The monoisotopic (exact) mass is 281 g/mol. The molecule has 4 nitrogen and oxygen atoms in total. The zero-order valence-corrected chi connectivity index (χ0v) is 11.5. The standard InChI is InChI=1S/C17H15NO3/c19-17(18-10-13-3-1-2-4-14(13)11-18)12-5-6-15-16(9-12)21-8-7-20-15/h1-6,9H,7-8,10-11H2. The third-order valence-corrected chi connectivity index (χ3v) is 3.92. The van der Waals surface area contributed by atoms with E-state index >= 15 is 0 Å². The van der Waals surface area contributed by atoms with Gasteiger partial charge in [-0.15, -0.1) is 0 Å². The quantitative estimate of drug-likeness (QED) is 0.806. The van der Waals surface area contributed by atoms with E-state index in [2.05, 4.69) is 12.1 Å². The Morgan fingerprint density at radius 2 is 1.57 bits per heavy atom. The van der Waals surface area contributed by atoms with Crippen LogP contribution in [0.25, 0.3) is 0 Å². The van der Waals surface area contributed by atoms with Crippen molar-refractivity contribution in [1.29, 1.82) is 0 Å². The van der Waals surface area contributed by atoms with Crippen LogP contribution in [0.1, 0.15) is 21.5 Å². The summed E-state index contributed by atoms with van der Waals surface area (Å²) in [5.41, 5.74) is 3.10. The molecule has 0 saturated carbocycles. The number of hydrogen-bond acceptors (Lipinski definition) is 3. The summed E-state index contributed by atoms with van der Waals surface area (Å²) in [6, 6.07) is 13.6. The average molecular weight is 281 g/mol. The van der Waals surface area contributed by atoms with Gasteiger partial charge in [0.1, 0.15) is 13.2 Å². The van der Waals surface area contributed by atoms with Gasteiger partial charge in [0.2, 0.25) is 0 Å². The van der Waals surface area contributed by atoms with Gasteiger partial charge in [0, 0.05) is 18.7 Å². The highest BCUT2D eigenvalue weighted by Crippen LogP contribution is 2.32. The molecule has 0 aromatic heterocycles. The summed E-state index contributed by atoms with van der Waals surface area (Å²) in [5.74, 6) is 1.40. The van der Waals surface area contributed by atoms with Crippen LogP contribution in [0.3, 0.4) is 0 Å². The fourth-order valence-electron chi connectivity index (χ4n) is 2.84. The van der Waals surface area contributed by atoms with Crippen LogP contribution in [0, 0.1) is 0 Å². The second kappa shape index (κ2) is 4.81. The Labute approximate surface area is 122 Å². The summed E-state index contributed by atoms with van der Waals surface area (Å²) in [5, 5.41) is 0. The van der Waals surface area contributed by atoms with Gasteiger partial charge in [0.15, 0.2) is 11.5 Å². The second-order valence-corrected chi connectivity index (χ2v) is 5.29. The molecule has 4 rings (SSSR count). The molecule has 0 fully saturated rings. The van der Waals surface area contributed by atoms with Crippen molar-refractivity contribution in [3.8, 4) is 11.5 Å². The molecule has 0 radical (unpaired) electrons. The maximum atomic E-state index is 12.6. The summed E-state index contributed by atoms with van der Waals surface area (Å²) in [7, 11) is 0. The van der Waals surface area contributed by atoms with E-state index in [1.165, 1.54) is 11.1 Å². The lowest BCUT2D eigenvalue weighted by Gasteiger charge is -2.20. The molecule has 0 saturated heterocycles. The first kappa shape index (κ1) is 12.3. The minimum absolute atomic E-state index is 0.0307. The van der Waals surface area contributed by atoms with Gasteiger partial charge in [0.25, 0.3) is 5.91 Å². The van der Waals surface area contributed by atoms with Crippen molar-refractivity contribution >= 4 is 5.91 Å². The van der Waals surface area contributed by atoms with Gasteiger partial charge in [-0.05, 0) is 29.3 Å². The Bertz CT molecular complexity index is 686. The van der Waals surface area contributed by atoms with Crippen molar-refractivity contribution in [2.75, 3.05) is 13.2 Å². The molecule has 0 aliphatic carbocycles. The van der Waals surface area contributed by atoms with E-state index < -0.39 is 0 Å². The van der Waals surface area contributed by atoms with Gasteiger partial charge in [-0.3, -0.25) is 4.79 Å². The molecule has 2 aliphatic rings. The van der Waals surface area contributed by atoms with Crippen LogP contribution in [-0.2, 0) is 13.1 Å². The molecule has 2 aliphatic heterocycles. The molecule has 4 heteroatoms. The number of ether oxygens (including phenoxy) is 2. The first-order valence-corrected chi connectivity index (χ1v) is 7.07. The maximum Gasteiger partial charge on any atom is 0.254 e. The largest absolute Gasteiger partial charge is 0.486 e. The molecule has 2 aromatic rings. The van der Waals surface area contributed by atoms with E-state index in [9.17, 15) is 4.79 Å². The molecule has 1 amide bonds. The fraction of sp³-hybridized carbons (Fsp3) is 0.235. The highest BCUT2D eigenvalue weighted by molar-refractivity contribution is 5.95. The third-order valence-electron chi connectivity index (χ3n) is 3.92. The van der Waals surface area contributed by atoms with Crippen LogP contribution in [0.5, 0.6) is 11.5 Å². The summed E-state index contributed by atoms with van der Waals surface area (Å²) < 4.78 is 11.0. The topological polar surface area (TPSA) is 38.8 Å². The molecule has 0 unspecified atom stereocenters. The zero-order chi connectivity index (χ0) is 14.2. The minimum atomic E-state index is 0.0307. The van der Waals surface area contributed by atoms with Gasteiger partial charge in [0.05, 0.1) is 0 Å². The molecule has 2 aromatic carbocycles. The van der Waals surface area contributed by atoms with Crippen molar-refractivity contribution in [3.05, 3.63) is 59.2 Å². The molecule has 0 atom stereocenters. The summed E-state index contributed by atoms with van der Waals surface area (Å²) in [4.78, 5) is 14.5. The Morgan fingerprint density at radius 3 is 2.29 bits per heavy atom. The van der Waals surface area contributed by atoms with Crippen molar-refractivity contribution in [2.24, 2.45) is 0 Å². The lowest BCUT2D eigenvalue weighted by molar-refractivity contribution is 0.0750. The highest BCUT2D eigenvalue weighted by atomic mass is 16.6. The maximum absolute atomic E-state index is 12.6. The Kier molecular flexibility index (Phi) is 2.81. The van der Waals surface area contributed by atoms with Gasteiger partial charge in [-0.25, -0.2) is 0 Å². The average Bonchev–Trinajstić information content (AvgIpc) is 2.97. The lowest BCUT2D eigenvalue weighted by atomic mass is 10.1. The van der Waals surface area contributed by atoms with E-state index in [1.54, 1.807) is 12.1 Å². The minimum Gasteiger partial charge on any atom is -0.486 e. The van der Waals surface area contributed by atoms with Crippen molar-refractivity contribution in [1.82, 2.24) is 4.90 Å². The van der Waals surface area contributed by atoms with Gasteiger partial charge >= 0.3 is 0 Å². The Hall–Kier alpha value is -2.49. The van der Waals surface area contributed by atoms with E-state index in [-0.39, 0.29) is 5.91 Å². The Balaban J connectivity index is 1.59. The van der Waals surface area contributed by atoms with E-state index in [1.807, 2.05) is 23.1 Å². The first-order chi connectivity index (χ1) is 10.3. The van der Waals surface area contributed by atoms with Crippen molar-refractivity contribution in [2.45, 2.75) is 13.1 Å². The lowest BCUT2D eigenvalue weighted by Crippen LogP contribution is -2.25. The molecule has 106 valence electrons. The highest BCUT2D eigenvalue weighted by Gasteiger charge is 2.25. The fourth-order valence-corrected chi connectivity index (χ4v) is 2.84. The van der Waals surface area contributed by atoms with E-state index in [0.29, 0.717) is 43.4 Å². The van der Waals surface area contributed by atoms with Gasteiger partial charge in [-0.2, -0.15) is 0 Å². The Morgan fingerprint density at radius 1 is 0.905 bits per heavy atom. The van der Waals surface area contributed by atoms with Crippen LogP contribution in [-0.4, -0.2) is 24.0 Å². The molecule has 21 heavy (non-hydrogen) atoms. The molecule has 0 spiro atoms. The summed E-state index contributed by atoms with van der Waals surface area (Å²) in [6.07, 6.45) is 0. The number of benzene rings is 2.